The van der Waals surface area contributed by atoms with E-state index in [2.05, 4.69) is 26.9 Å². The normalized spacial score (nSPS) is 24.5. The summed E-state index contributed by atoms with van der Waals surface area (Å²) in [5.74, 6) is 1.34. The fraction of sp³-hybridized carbons (Fsp3) is 0.600. The Bertz CT molecular complexity index is 496. The zero-order valence-corrected chi connectivity index (χ0v) is 12.2. The average molecular weight is 274 g/mol. The Morgan fingerprint density at radius 3 is 2.50 bits per heavy atom. The standard InChI is InChI=1S/C15H22N4O/c1-12-4-3-5-14(16-12)19-10-8-18(9-11-19)13-6-7-17(2)15(13)20/h3-5,13H,6-11H2,1-2H3. The number of amides is 1. The van der Waals surface area contributed by atoms with Gasteiger partial charge in [0.25, 0.3) is 0 Å². The molecule has 1 aromatic heterocycles. The zero-order valence-electron chi connectivity index (χ0n) is 12.2. The molecule has 0 aliphatic carbocycles. The van der Waals surface area contributed by atoms with Gasteiger partial charge in [-0.1, -0.05) is 6.07 Å². The van der Waals surface area contributed by atoms with Gasteiger partial charge in [-0.3, -0.25) is 9.69 Å². The van der Waals surface area contributed by atoms with E-state index in [1.165, 1.54) is 0 Å². The molecule has 5 nitrogen and oxygen atoms in total. The van der Waals surface area contributed by atoms with Crippen molar-refractivity contribution in [1.82, 2.24) is 14.8 Å². The van der Waals surface area contributed by atoms with Gasteiger partial charge in [0.15, 0.2) is 0 Å². The highest BCUT2D eigenvalue weighted by atomic mass is 16.2. The monoisotopic (exact) mass is 274 g/mol. The predicted octanol–water partition coefficient (Wildman–Crippen LogP) is 0.743. The molecule has 108 valence electrons. The van der Waals surface area contributed by atoms with Crippen LogP contribution in [-0.2, 0) is 4.79 Å². The van der Waals surface area contributed by atoms with Crippen LogP contribution in [0.5, 0.6) is 0 Å². The Labute approximate surface area is 120 Å². The van der Waals surface area contributed by atoms with Crippen LogP contribution >= 0.6 is 0 Å². The number of aryl methyl sites for hydroxylation is 1. The molecule has 0 bridgehead atoms. The Morgan fingerprint density at radius 2 is 1.90 bits per heavy atom. The van der Waals surface area contributed by atoms with Gasteiger partial charge in [-0.25, -0.2) is 4.98 Å². The van der Waals surface area contributed by atoms with Gasteiger partial charge >= 0.3 is 0 Å². The van der Waals surface area contributed by atoms with Crippen LogP contribution in [0.2, 0.25) is 0 Å². The molecule has 0 radical (unpaired) electrons. The second-order valence-electron chi connectivity index (χ2n) is 5.72. The van der Waals surface area contributed by atoms with Crippen molar-refractivity contribution in [3.63, 3.8) is 0 Å². The third kappa shape index (κ3) is 2.50. The molecule has 0 aromatic carbocycles. The summed E-state index contributed by atoms with van der Waals surface area (Å²) >= 11 is 0. The van der Waals surface area contributed by atoms with Crippen molar-refractivity contribution in [2.45, 2.75) is 19.4 Å². The van der Waals surface area contributed by atoms with Gasteiger partial charge in [0.1, 0.15) is 5.82 Å². The number of hydrogen-bond acceptors (Lipinski definition) is 4. The molecule has 5 heteroatoms. The van der Waals surface area contributed by atoms with E-state index in [1.807, 2.05) is 24.9 Å². The van der Waals surface area contributed by atoms with Gasteiger partial charge in [-0.05, 0) is 25.5 Å². The van der Waals surface area contributed by atoms with Crippen LogP contribution in [0.25, 0.3) is 0 Å². The summed E-state index contributed by atoms with van der Waals surface area (Å²) in [6.07, 6.45) is 0.970. The van der Waals surface area contributed by atoms with Crippen molar-refractivity contribution >= 4 is 11.7 Å². The SMILES string of the molecule is Cc1cccc(N2CCN(C3CCN(C)C3=O)CC2)n1. The van der Waals surface area contributed by atoms with E-state index >= 15 is 0 Å². The van der Waals surface area contributed by atoms with E-state index in [0.29, 0.717) is 0 Å². The summed E-state index contributed by atoms with van der Waals surface area (Å²) in [7, 11) is 1.90. The van der Waals surface area contributed by atoms with Crippen molar-refractivity contribution in [1.29, 1.82) is 0 Å². The lowest BCUT2D eigenvalue weighted by molar-refractivity contribution is -0.131. The number of carbonyl (C=O) groups is 1. The molecular weight excluding hydrogens is 252 g/mol. The number of pyridine rings is 1. The van der Waals surface area contributed by atoms with E-state index in [0.717, 1.165) is 50.7 Å². The van der Waals surface area contributed by atoms with E-state index in [4.69, 9.17) is 0 Å². The van der Waals surface area contributed by atoms with Crippen LogP contribution < -0.4 is 4.90 Å². The van der Waals surface area contributed by atoms with Gasteiger partial charge in [-0.2, -0.15) is 0 Å². The highest BCUT2D eigenvalue weighted by Gasteiger charge is 2.35. The number of anilines is 1. The largest absolute Gasteiger partial charge is 0.354 e. The third-order valence-electron chi connectivity index (χ3n) is 4.35. The number of hydrogen-bond donors (Lipinski definition) is 0. The summed E-state index contributed by atoms with van der Waals surface area (Å²) in [5.41, 5.74) is 1.05. The lowest BCUT2D eigenvalue weighted by atomic mass is 10.2. The number of rotatable bonds is 2. The van der Waals surface area contributed by atoms with Gasteiger partial charge in [0, 0.05) is 45.5 Å². The second kappa shape index (κ2) is 5.40. The molecule has 2 aliphatic heterocycles. The smallest absolute Gasteiger partial charge is 0.239 e. The van der Waals surface area contributed by atoms with Crippen molar-refractivity contribution in [3.05, 3.63) is 23.9 Å². The molecule has 3 heterocycles. The Morgan fingerprint density at radius 1 is 1.15 bits per heavy atom. The van der Waals surface area contributed by atoms with Crippen molar-refractivity contribution in [2.24, 2.45) is 0 Å². The summed E-state index contributed by atoms with van der Waals surface area (Å²) < 4.78 is 0. The van der Waals surface area contributed by atoms with E-state index in [-0.39, 0.29) is 11.9 Å². The maximum Gasteiger partial charge on any atom is 0.239 e. The highest BCUT2D eigenvalue weighted by Crippen LogP contribution is 2.20. The number of likely N-dealkylation sites (tertiary alicyclic amines) is 1. The molecule has 3 rings (SSSR count). The molecule has 0 spiro atoms. The van der Waals surface area contributed by atoms with Crippen LogP contribution in [0.1, 0.15) is 12.1 Å². The maximum atomic E-state index is 12.1. The molecule has 2 aliphatic rings. The van der Waals surface area contributed by atoms with Gasteiger partial charge in [-0.15, -0.1) is 0 Å². The Kier molecular flexibility index (Phi) is 3.61. The van der Waals surface area contributed by atoms with Crippen molar-refractivity contribution in [2.75, 3.05) is 44.7 Å². The molecule has 0 saturated carbocycles. The van der Waals surface area contributed by atoms with Crippen LogP contribution in [0, 0.1) is 6.92 Å². The molecule has 1 unspecified atom stereocenters. The first kappa shape index (κ1) is 13.4. The highest BCUT2D eigenvalue weighted by molar-refractivity contribution is 5.83. The molecule has 2 fully saturated rings. The number of likely N-dealkylation sites (N-methyl/N-ethyl adjacent to an activating group) is 1. The third-order valence-corrected chi connectivity index (χ3v) is 4.35. The summed E-state index contributed by atoms with van der Waals surface area (Å²) in [4.78, 5) is 23.1. The average Bonchev–Trinajstić information content (AvgIpc) is 2.79. The van der Waals surface area contributed by atoms with Crippen molar-refractivity contribution in [3.8, 4) is 0 Å². The minimum absolute atomic E-state index is 0.104. The van der Waals surface area contributed by atoms with Crippen LogP contribution in [0.4, 0.5) is 5.82 Å². The fourth-order valence-corrected chi connectivity index (χ4v) is 3.11. The summed E-state index contributed by atoms with van der Waals surface area (Å²) in [6.45, 7) is 6.70. The molecule has 1 aromatic rings. The summed E-state index contributed by atoms with van der Waals surface area (Å²) in [5, 5.41) is 0. The number of carbonyl (C=O) groups excluding carboxylic acids is 1. The number of aromatic nitrogens is 1. The molecule has 1 amide bonds. The van der Waals surface area contributed by atoms with Gasteiger partial charge in [0.2, 0.25) is 5.91 Å². The number of piperazine rings is 1. The fourth-order valence-electron chi connectivity index (χ4n) is 3.11. The van der Waals surface area contributed by atoms with Crippen LogP contribution in [-0.4, -0.2) is 66.5 Å². The molecule has 0 N–H and O–H groups in total. The first-order valence-electron chi connectivity index (χ1n) is 7.33. The molecular formula is C15H22N4O. The second-order valence-corrected chi connectivity index (χ2v) is 5.72. The summed E-state index contributed by atoms with van der Waals surface area (Å²) in [6, 6.07) is 6.25. The topological polar surface area (TPSA) is 39.7 Å². The van der Waals surface area contributed by atoms with E-state index in [9.17, 15) is 4.79 Å². The lowest BCUT2D eigenvalue weighted by Crippen LogP contribution is -2.52. The Balaban J connectivity index is 1.61. The van der Waals surface area contributed by atoms with Crippen molar-refractivity contribution < 1.29 is 4.79 Å². The molecule has 20 heavy (non-hydrogen) atoms. The van der Waals surface area contributed by atoms with E-state index in [1.54, 1.807) is 0 Å². The molecule has 1 atom stereocenters. The first-order chi connectivity index (χ1) is 9.65. The maximum absolute atomic E-state index is 12.1. The minimum Gasteiger partial charge on any atom is -0.354 e. The van der Waals surface area contributed by atoms with Crippen LogP contribution in [0.15, 0.2) is 18.2 Å². The first-order valence-corrected chi connectivity index (χ1v) is 7.33. The van der Waals surface area contributed by atoms with Gasteiger partial charge < -0.3 is 9.80 Å². The minimum atomic E-state index is 0.104. The quantitative estimate of drug-likeness (QED) is 0.797. The lowest BCUT2D eigenvalue weighted by Gasteiger charge is -2.37. The number of nitrogens with zero attached hydrogens (tertiary/aromatic N) is 4. The molecule has 2 saturated heterocycles. The Hall–Kier alpha value is -1.62. The zero-order chi connectivity index (χ0) is 14.1. The predicted molar refractivity (Wildman–Crippen MR) is 78.8 cm³/mol. The van der Waals surface area contributed by atoms with Gasteiger partial charge in [0.05, 0.1) is 6.04 Å². The van der Waals surface area contributed by atoms with Crippen LogP contribution in [0.3, 0.4) is 0 Å². The van der Waals surface area contributed by atoms with E-state index < -0.39 is 0 Å².